The van der Waals surface area contributed by atoms with Gasteiger partial charge in [0.25, 0.3) is 0 Å². The average Bonchev–Trinajstić information content (AvgIpc) is 2.95. The van der Waals surface area contributed by atoms with E-state index in [0.29, 0.717) is 29.6 Å². The van der Waals surface area contributed by atoms with Crippen molar-refractivity contribution >= 4 is 16.0 Å². The molecule has 5 nitrogen and oxygen atoms in total. The number of rotatable bonds is 9. The van der Waals surface area contributed by atoms with Crippen LogP contribution in [-0.2, 0) is 14.8 Å². The molecule has 28 heavy (non-hydrogen) atoms. The van der Waals surface area contributed by atoms with Crippen molar-refractivity contribution in [1.29, 1.82) is 0 Å². The zero-order chi connectivity index (χ0) is 19.7. The standard InChI is InChI=1S/C21H29NO4S.Na/c1-21(2)17-14-18(22-27(25,26)15-10-6-5-7-11-15)16(20(17)21)12-8-3-4-9-13-19(23)24;/h3,5-8,10-11,16-18,20,22H,4,9,12-14H2,1-2H3,(H,23,24);/q;+1/p-1/b8-3-;/t16-,17-,18+,20+;/m1./s1. The molecule has 0 aromatic heterocycles. The zero-order valence-electron chi connectivity index (χ0n) is 16.9. The summed E-state index contributed by atoms with van der Waals surface area (Å²) in [6, 6.07) is 8.46. The topological polar surface area (TPSA) is 86.3 Å². The maximum atomic E-state index is 12.7. The molecule has 148 valence electrons. The van der Waals surface area contributed by atoms with Gasteiger partial charge in [-0.25, -0.2) is 13.1 Å². The van der Waals surface area contributed by atoms with Gasteiger partial charge < -0.3 is 9.90 Å². The molecule has 2 aliphatic rings. The Balaban J connectivity index is 0.00000280. The Kier molecular flexibility index (Phi) is 7.96. The van der Waals surface area contributed by atoms with Crippen molar-refractivity contribution in [3.05, 3.63) is 42.5 Å². The molecule has 0 unspecified atom stereocenters. The fourth-order valence-corrected chi connectivity index (χ4v) is 6.16. The molecule has 0 heterocycles. The van der Waals surface area contributed by atoms with Gasteiger partial charge in [-0.1, -0.05) is 44.2 Å². The van der Waals surface area contributed by atoms with Crippen molar-refractivity contribution in [2.24, 2.45) is 23.2 Å². The second kappa shape index (κ2) is 9.43. The summed E-state index contributed by atoms with van der Waals surface area (Å²) >= 11 is 0. The Hall–Kier alpha value is -0.660. The number of aliphatic carboxylic acids is 1. The molecule has 2 fully saturated rings. The Bertz CT molecular complexity index is 807. The minimum Gasteiger partial charge on any atom is -0.550 e. The molecule has 0 amide bonds. The number of nitrogens with one attached hydrogen (secondary N) is 1. The van der Waals surface area contributed by atoms with Crippen LogP contribution >= 0.6 is 0 Å². The van der Waals surface area contributed by atoms with Crippen molar-refractivity contribution in [2.45, 2.75) is 56.9 Å². The van der Waals surface area contributed by atoms with Gasteiger partial charge in [-0.2, -0.15) is 0 Å². The summed E-state index contributed by atoms with van der Waals surface area (Å²) in [7, 11) is -3.51. The van der Waals surface area contributed by atoms with Crippen LogP contribution in [0.2, 0.25) is 0 Å². The van der Waals surface area contributed by atoms with E-state index >= 15 is 0 Å². The van der Waals surface area contributed by atoms with Gasteiger partial charge in [-0.15, -0.1) is 0 Å². The van der Waals surface area contributed by atoms with E-state index in [1.165, 1.54) is 0 Å². The summed E-state index contributed by atoms with van der Waals surface area (Å²) in [6.07, 6.45) is 7.15. The maximum absolute atomic E-state index is 12.7. The molecule has 1 aromatic carbocycles. The predicted molar refractivity (Wildman–Crippen MR) is 102 cm³/mol. The SMILES string of the molecule is CC1(C)[C@H]2[C@H](C/C=C\CCCC(=O)[O-])[C@@H](NS(=O)(=O)c3ccccc3)C[C@H]21.[Na+]. The van der Waals surface area contributed by atoms with Crippen LogP contribution in [0.15, 0.2) is 47.4 Å². The van der Waals surface area contributed by atoms with E-state index in [4.69, 9.17) is 0 Å². The van der Waals surface area contributed by atoms with E-state index in [1.807, 2.05) is 6.08 Å². The van der Waals surface area contributed by atoms with Gasteiger partial charge in [-0.05, 0) is 67.4 Å². The van der Waals surface area contributed by atoms with E-state index in [2.05, 4.69) is 24.6 Å². The third-order valence-corrected chi connectivity index (χ3v) is 7.82. The van der Waals surface area contributed by atoms with Crippen molar-refractivity contribution in [3.8, 4) is 0 Å². The van der Waals surface area contributed by atoms with Gasteiger partial charge in [-0.3, -0.25) is 0 Å². The maximum Gasteiger partial charge on any atom is 1.00 e. The van der Waals surface area contributed by atoms with E-state index in [1.54, 1.807) is 30.3 Å². The summed E-state index contributed by atoms with van der Waals surface area (Å²) < 4.78 is 28.3. The molecule has 3 rings (SSSR count). The normalized spacial score (nSPS) is 27.9. The van der Waals surface area contributed by atoms with Crippen LogP contribution < -0.4 is 39.4 Å². The first kappa shape index (κ1) is 23.6. The number of sulfonamides is 1. The number of hydrogen-bond acceptors (Lipinski definition) is 4. The third kappa shape index (κ3) is 5.28. The summed E-state index contributed by atoms with van der Waals surface area (Å²) in [5.41, 5.74) is 0.280. The monoisotopic (exact) mass is 413 g/mol. The fraction of sp³-hybridized carbons (Fsp3) is 0.571. The number of allylic oxidation sites excluding steroid dienone is 2. The van der Waals surface area contributed by atoms with Gasteiger partial charge in [0.15, 0.2) is 0 Å². The van der Waals surface area contributed by atoms with Crippen molar-refractivity contribution in [3.63, 3.8) is 0 Å². The number of carbonyl (C=O) groups is 1. The molecular weight excluding hydrogens is 385 g/mol. The molecule has 1 aromatic rings. The molecule has 0 radical (unpaired) electrons. The Morgan fingerprint density at radius 3 is 2.57 bits per heavy atom. The Labute approximate surface area is 190 Å². The smallest absolute Gasteiger partial charge is 0.550 e. The Morgan fingerprint density at radius 1 is 1.25 bits per heavy atom. The number of unbranched alkanes of at least 4 members (excludes halogenated alkanes) is 1. The first-order chi connectivity index (χ1) is 12.7. The number of hydrogen-bond donors (Lipinski definition) is 1. The fourth-order valence-electron chi connectivity index (χ4n) is 4.83. The summed E-state index contributed by atoms with van der Waals surface area (Å²) in [5, 5.41) is 10.5. The van der Waals surface area contributed by atoms with Crippen LogP contribution in [0.4, 0.5) is 0 Å². The minimum atomic E-state index is -3.51. The van der Waals surface area contributed by atoms with Gasteiger partial charge >= 0.3 is 29.6 Å². The van der Waals surface area contributed by atoms with Crippen LogP contribution in [0.1, 0.15) is 46.0 Å². The van der Waals surface area contributed by atoms with Gasteiger partial charge in [0, 0.05) is 12.0 Å². The summed E-state index contributed by atoms with van der Waals surface area (Å²) in [5.74, 6) is 0.365. The number of carboxylic acid groups (broad SMARTS) is 1. The van der Waals surface area contributed by atoms with Crippen molar-refractivity contribution in [1.82, 2.24) is 4.72 Å². The molecule has 0 bridgehead atoms. The van der Waals surface area contributed by atoms with E-state index < -0.39 is 16.0 Å². The first-order valence-electron chi connectivity index (χ1n) is 9.65. The number of carbonyl (C=O) groups excluding carboxylic acids is 1. The zero-order valence-corrected chi connectivity index (χ0v) is 19.7. The molecule has 0 aliphatic heterocycles. The second-order valence-corrected chi connectivity index (χ2v) is 10.1. The van der Waals surface area contributed by atoms with Gasteiger partial charge in [0.1, 0.15) is 0 Å². The first-order valence-corrected chi connectivity index (χ1v) is 11.1. The number of fused-ring (bicyclic) bond motifs is 1. The molecule has 1 N–H and O–H groups in total. The van der Waals surface area contributed by atoms with Crippen LogP contribution in [0, 0.1) is 23.2 Å². The third-order valence-electron chi connectivity index (χ3n) is 6.31. The Morgan fingerprint density at radius 2 is 1.93 bits per heavy atom. The van der Waals surface area contributed by atoms with Gasteiger partial charge in [0.05, 0.1) is 4.90 Å². The summed E-state index contributed by atoms with van der Waals surface area (Å²) in [6.45, 7) is 4.53. The van der Waals surface area contributed by atoms with Crippen LogP contribution in [0.3, 0.4) is 0 Å². The molecule has 2 saturated carbocycles. The number of carboxylic acids is 1. The van der Waals surface area contributed by atoms with Crippen molar-refractivity contribution in [2.75, 3.05) is 0 Å². The second-order valence-electron chi connectivity index (χ2n) is 8.37. The molecular formula is C21H28NNaO4S. The molecule has 4 atom stereocenters. The van der Waals surface area contributed by atoms with E-state index in [9.17, 15) is 18.3 Å². The largest absolute Gasteiger partial charge is 1.00 e. The van der Waals surface area contributed by atoms with E-state index in [0.717, 1.165) is 12.8 Å². The molecule has 2 aliphatic carbocycles. The van der Waals surface area contributed by atoms with Crippen LogP contribution in [0.25, 0.3) is 0 Å². The number of benzene rings is 1. The van der Waals surface area contributed by atoms with Crippen LogP contribution in [-0.4, -0.2) is 20.4 Å². The molecule has 0 spiro atoms. The van der Waals surface area contributed by atoms with E-state index in [-0.39, 0.29) is 53.4 Å². The molecule has 0 saturated heterocycles. The minimum absolute atomic E-state index is 0. The summed E-state index contributed by atoms with van der Waals surface area (Å²) in [4.78, 5) is 10.8. The molecule has 7 heteroatoms. The van der Waals surface area contributed by atoms with Gasteiger partial charge in [0.2, 0.25) is 10.0 Å². The predicted octanol–water partition coefficient (Wildman–Crippen LogP) is -0.504. The van der Waals surface area contributed by atoms with Crippen LogP contribution in [0.5, 0.6) is 0 Å². The average molecular weight is 414 g/mol. The quantitative estimate of drug-likeness (QED) is 0.336. The van der Waals surface area contributed by atoms with Crippen molar-refractivity contribution < 1.29 is 47.9 Å².